The van der Waals surface area contributed by atoms with Crippen molar-refractivity contribution in [2.75, 3.05) is 26.4 Å². The Morgan fingerprint density at radius 1 is 1.06 bits per heavy atom. The summed E-state index contributed by atoms with van der Waals surface area (Å²) < 4.78 is 35.2. The average molecular weight is 260 g/mol. The molecule has 0 atom stereocenters. The summed E-state index contributed by atoms with van der Waals surface area (Å²) in [6.07, 6.45) is 0.550. The fraction of sp³-hybridized carbons (Fsp3) is 0.538. The zero-order valence-corrected chi connectivity index (χ0v) is 10.1. The molecule has 18 heavy (non-hydrogen) atoms. The lowest BCUT2D eigenvalue weighted by Gasteiger charge is -2.13. The Morgan fingerprint density at radius 2 is 1.72 bits per heavy atom. The van der Waals surface area contributed by atoms with Gasteiger partial charge >= 0.3 is 0 Å². The van der Waals surface area contributed by atoms with Crippen LogP contribution in [0.2, 0.25) is 0 Å². The topological polar surface area (TPSA) is 38.7 Å². The Balaban J connectivity index is 1.96. The number of aliphatic hydroxyl groups is 1. The monoisotopic (exact) mass is 260 g/mol. The summed E-state index contributed by atoms with van der Waals surface area (Å²) in [6.45, 7) is -0.767. The number of hydrogen-bond donors (Lipinski definition) is 1. The highest BCUT2D eigenvalue weighted by Gasteiger charge is 2.27. The number of aliphatic hydroxyl groups excluding tert-OH is 1. The van der Waals surface area contributed by atoms with Gasteiger partial charge in [-0.2, -0.15) is 0 Å². The molecule has 0 fully saturated rings. The summed E-state index contributed by atoms with van der Waals surface area (Å²) in [4.78, 5) is 0. The summed E-state index contributed by atoms with van der Waals surface area (Å²) in [7, 11) is 0. The van der Waals surface area contributed by atoms with Crippen molar-refractivity contribution in [3.63, 3.8) is 0 Å². The molecule has 0 saturated heterocycles. The van der Waals surface area contributed by atoms with Crippen molar-refractivity contribution in [3.05, 3.63) is 35.9 Å². The first-order valence-corrected chi connectivity index (χ1v) is 5.82. The molecule has 1 aromatic rings. The highest BCUT2D eigenvalue weighted by molar-refractivity contribution is 5.13. The predicted octanol–water partition coefficient (Wildman–Crippen LogP) is 2.24. The highest BCUT2D eigenvalue weighted by atomic mass is 19.3. The number of benzene rings is 1. The molecule has 0 spiro atoms. The van der Waals surface area contributed by atoms with Crippen LogP contribution in [-0.2, 0) is 16.1 Å². The third kappa shape index (κ3) is 6.64. The first-order chi connectivity index (χ1) is 8.64. The van der Waals surface area contributed by atoms with Crippen molar-refractivity contribution >= 4 is 0 Å². The van der Waals surface area contributed by atoms with Crippen molar-refractivity contribution in [2.24, 2.45) is 0 Å². The second-order valence-electron chi connectivity index (χ2n) is 3.96. The maximum Gasteiger partial charge on any atom is 0.293 e. The van der Waals surface area contributed by atoms with E-state index in [0.29, 0.717) is 19.6 Å². The van der Waals surface area contributed by atoms with Gasteiger partial charge < -0.3 is 14.6 Å². The van der Waals surface area contributed by atoms with Crippen LogP contribution in [0.3, 0.4) is 0 Å². The molecule has 0 unspecified atom stereocenters. The number of hydrogen-bond acceptors (Lipinski definition) is 3. The molecule has 1 N–H and O–H groups in total. The molecule has 0 aliphatic carbocycles. The number of rotatable bonds is 9. The van der Waals surface area contributed by atoms with Gasteiger partial charge in [-0.05, 0) is 12.0 Å². The van der Waals surface area contributed by atoms with Crippen molar-refractivity contribution < 1.29 is 23.4 Å². The fourth-order valence-electron chi connectivity index (χ4n) is 1.29. The zero-order valence-electron chi connectivity index (χ0n) is 10.1. The van der Waals surface area contributed by atoms with E-state index in [-0.39, 0.29) is 6.61 Å². The lowest BCUT2D eigenvalue weighted by molar-refractivity contribution is -0.109. The van der Waals surface area contributed by atoms with Gasteiger partial charge in [-0.1, -0.05) is 30.3 Å². The smallest absolute Gasteiger partial charge is 0.293 e. The lowest BCUT2D eigenvalue weighted by atomic mass is 10.2. The molecule has 0 saturated carbocycles. The molecule has 5 heteroatoms. The number of ether oxygens (including phenoxy) is 2. The Labute approximate surface area is 105 Å². The van der Waals surface area contributed by atoms with Gasteiger partial charge in [0.1, 0.15) is 13.2 Å². The van der Waals surface area contributed by atoms with Gasteiger partial charge in [-0.15, -0.1) is 0 Å². The third-order valence-electron chi connectivity index (χ3n) is 2.23. The molecule has 0 aromatic heterocycles. The Hall–Kier alpha value is -1.04. The molecule has 1 rings (SSSR count). The molecule has 0 amide bonds. The summed E-state index contributed by atoms with van der Waals surface area (Å²) in [5.41, 5.74) is 1.07. The van der Waals surface area contributed by atoms with Crippen LogP contribution < -0.4 is 0 Å². The van der Waals surface area contributed by atoms with E-state index in [1.54, 1.807) is 0 Å². The first-order valence-electron chi connectivity index (χ1n) is 5.82. The second-order valence-corrected chi connectivity index (χ2v) is 3.96. The lowest BCUT2D eigenvalue weighted by Crippen LogP contribution is -2.28. The Kier molecular flexibility index (Phi) is 6.78. The fourth-order valence-corrected chi connectivity index (χ4v) is 1.29. The Bertz CT molecular complexity index is 317. The van der Waals surface area contributed by atoms with E-state index in [4.69, 9.17) is 14.6 Å². The quantitative estimate of drug-likeness (QED) is 0.692. The van der Waals surface area contributed by atoms with Crippen LogP contribution in [0.4, 0.5) is 8.78 Å². The van der Waals surface area contributed by atoms with E-state index in [1.165, 1.54) is 0 Å². The largest absolute Gasteiger partial charge is 0.390 e. The third-order valence-corrected chi connectivity index (χ3v) is 2.23. The van der Waals surface area contributed by atoms with Crippen LogP contribution in [0.15, 0.2) is 30.3 Å². The van der Waals surface area contributed by atoms with Crippen LogP contribution in [0.5, 0.6) is 0 Å². The minimum Gasteiger partial charge on any atom is -0.390 e. The molecular formula is C13H18F2O3. The van der Waals surface area contributed by atoms with Crippen LogP contribution in [-0.4, -0.2) is 37.5 Å². The van der Waals surface area contributed by atoms with Crippen LogP contribution in [0, 0.1) is 0 Å². The van der Waals surface area contributed by atoms with Crippen LogP contribution in [0.25, 0.3) is 0 Å². The van der Waals surface area contributed by atoms with Gasteiger partial charge in [0, 0.05) is 13.2 Å². The highest BCUT2D eigenvalue weighted by Crippen LogP contribution is 2.12. The van der Waals surface area contributed by atoms with Crippen molar-refractivity contribution in [1.82, 2.24) is 0 Å². The summed E-state index contributed by atoms with van der Waals surface area (Å²) >= 11 is 0. The van der Waals surface area contributed by atoms with Crippen LogP contribution in [0.1, 0.15) is 12.0 Å². The van der Waals surface area contributed by atoms with Crippen molar-refractivity contribution in [3.8, 4) is 0 Å². The van der Waals surface area contributed by atoms with Gasteiger partial charge in [0.25, 0.3) is 5.92 Å². The molecule has 102 valence electrons. The maximum absolute atomic E-state index is 12.5. The van der Waals surface area contributed by atoms with Crippen molar-refractivity contribution in [2.45, 2.75) is 19.0 Å². The standard InChI is InChI=1S/C13H18F2O3/c14-13(15,10-16)11-18-8-4-7-17-9-12-5-2-1-3-6-12/h1-3,5-6,16H,4,7-11H2. The molecule has 0 aliphatic rings. The molecular weight excluding hydrogens is 242 g/mol. The van der Waals surface area contributed by atoms with Gasteiger partial charge in [0.15, 0.2) is 0 Å². The van der Waals surface area contributed by atoms with Gasteiger partial charge in [0.05, 0.1) is 6.61 Å². The summed E-state index contributed by atoms with van der Waals surface area (Å²) in [6, 6.07) is 9.70. The van der Waals surface area contributed by atoms with E-state index in [0.717, 1.165) is 5.56 Å². The second kappa shape index (κ2) is 8.13. The maximum atomic E-state index is 12.5. The molecule has 0 heterocycles. The van der Waals surface area contributed by atoms with E-state index < -0.39 is 19.1 Å². The number of halogens is 2. The normalized spacial score (nSPS) is 11.7. The van der Waals surface area contributed by atoms with E-state index in [1.807, 2.05) is 30.3 Å². The average Bonchev–Trinajstić information content (AvgIpc) is 2.39. The SMILES string of the molecule is OCC(F)(F)COCCCOCc1ccccc1. The summed E-state index contributed by atoms with van der Waals surface area (Å²) in [5, 5.41) is 8.31. The molecule has 0 aliphatic heterocycles. The molecule has 3 nitrogen and oxygen atoms in total. The minimum absolute atomic E-state index is 0.199. The van der Waals surface area contributed by atoms with Crippen LogP contribution >= 0.6 is 0 Å². The van der Waals surface area contributed by atoms with Gasteiger partial charge in [-0.25, -0.2) is 8.78 Å². The van der Waals surface area contributed by atoms with E-state index >= 15 is 0 Å². The molecule has 1 aromatic carbocycles. The molecule has 0 radical (unpaired) electrons. The van der Waals surface area contributed by atoms with Crippen molar-refractivity contribution in [1.29, 1.82) is 0 Å². The summed E-state index contributed by atoms with van der Waals surface area (Å²) in [5.74, 6) is -3.15. The predicted molar refractivity (Wildman–Crippen MR) is 63.6 cm³/mol. The Morgan fingerprint density at radius 3 is 2.39 bits per heavy atom. The van der Waals surface area contributed by atoms with Gasteiger partial charge in [-0.3, -0.25) is 0 Å². The first kappa shape index (κ1) is 15.0. The van der Waals surface area contributed by atoms with E-state index in [9.17, 15) is 8.78 Å². The van der Waals surface area contributed by atoms with Gasteiger partial charge in [0.2, 0.25) is 0 Å². The number of alkyl halides is 2. The zero-order chi connectivity index (χ0) is 13.3. The van der Waals surface area contributed by atoms with E-state index in [2.05, 4.69) is 0 Å². The molecule has 0 bridgehead atoms. The minimum atomic E-state index is -3.15.